The van der Waals surface area contributed by atoms with E-state index in [9.17, 15) is 4.79 Å². The quantitative estimate of drug-likeness (QED) is 0.705. The second kappa shape index (κ2) is 7.99. The third-order valence-corrected chi connectivity index (χ3v) is 3.66. The molecule has 0 aliphatic rings. The molecule has 2 heterocycles. The molecule has 24 heavy (non-hydrogen) atoms. The maximum atomic E-state index is 12.8. The zero-order valence-corrected chi connectivity index (χ0v) is 14.5. The van der Waals surface area contributed by atoms with Crippen LogP contribution in [0.2, 0.25) is 0 Å². The van der Waals surface area contributed by atoms with Gasteiger partial charge in [0.05, 0.1) is 6.20 Å². The minimum Gasteiger partial charge on any atom is -0.308 e. The lowest BCUT2D eigenvalue weighted by Crippen LogP contribution is -2.30. The van der Waals surface area contributed by atoms with Gasteiger partial charge in [0.15, 0.2) is 5.65 Å². The van der Waals surface area contributed by atoms with Crippen molar-refractivity contribution in [2.45, 2.75) is 13.0 Å². The first-order valence-electron chi connectivity index (χ1n) is 7.53. The average Bonchev–Trinajstić information content (AvgIpc) is 2.56. The lowest BCUT2D eigenvalue weighted by Gasteiger charge is -2.14. The zero-order valence-electron chi connectivity index (χ0n) is 13.7. The van der Waals surface area contributed by atoms with Crippen LogP contribution in [0.15, 0.2) is 47.7 Å². The molecule has 0 bridgehead atoms. The second-order valence-electron chi connectivity index (χ2n) is 5.71. The summed E-state index contributed by atoms with van der Waals surface area (Å²) in [5.74, 6) is 0. The van der Waals surface area contributed by atoms with E-state index in [1.165, 1.54) is 6.33 Å². The van der Waals surface area contributed by atoms with Crippen molar-refractivity contribution in [3.8, 4) is 0 Å². The molecule has 126 valence electrons. The number of benzene rings is 1. The standard InChI is InChI=1S/C17H19N5O.ClH/c1-21(2)8-9-22-16-15(11-18-12-19-16)20-14(17(22)23)10-13-6-4-3-5-7-13;/h3-7,11-12H,8-10H2,1-2H3;1H. The van der Waals surface area contributed by atoms with E-state index in [0.717, 1.165) is 12.1 Å². The van der Waals surface area contributed by atoms with Crippen LogP contribution in [0.25, 0.3) is 11.2 Å². The van der Waals surface area contributed by atoms with Crippen LogP contribution >= 0.6 is 12.4 Å². The van der Waals surface area contributed by atoms with Crippen molar-refractivity contribution in [2.24, 2.45) is 0 Å². The molecule has 3 aromatic rings. The SMILES string of the molecule is CN(C)CCn1c(=O)c(Cc2ccccc2)nc2cncnc21.Cl. The molecular weight excluding hydrogens is 326 g/mol. The summed E-state index contributed by atoms with van der Waals surface area (Å²) in [6.07, 6.45) is 3.61. The van der Waals surface area contributed by atoms with Gasteiger partial charge in [-0.2, -0.15) is 0 Å². The van der Waals surface area contributed by atoms with Gasteiger partial charge >= 0.3 is 0 Å². The lowest BCUT2D eigenvalue weighted by atomic mass is 10.1. The van der Waals surface area contributed by atoms with Crippen LogP contribution in [0.4, 0.5) is 0 Å². The van der Waals surface area contributed by atoms with Gasteiger partial charge in [-0.1, -0.05) is 30.3 Å². The van der Waals surface area contributed by atoms with Gasteiger partial charge in [-0.3, -0.25) is 9.36 Å². The highest BCUT2D eigenvalue weighted by atomic mass is 35.5. The van der Waals surface area contributed by atoms with Gasteiger partial charge in [-0.15, -0.1) is 12.4 Å². The number of hydrogen-bond acceptors (Lipinski definition) is 5. The molecule has 0 saturated heterocycles. The summed E-state index contributed by atoms with van der Waals surface area (Å²) in [6.45, 7) is 1.33. The Morgan fingerprint density at radius 3 is 2.62 bits per heavy atom. The van der Waals surface area contributed by atoms with Crippen molar-refractivity contribution in [1.82, 2.24) is 24.4 Å². The highest BCUT2D eigenvalue weighted by molar-refractivity contribution is 5.85. The molecule has 2 aromatic heterocycles. The van der Waals surface area contributed by atoms with E-state index >= 15 is 0 Å². The largest absolute Gasteiger partial charge is 0.308 e. The van der Waals surface area contributed by atoms with Crippen molar-refractivity contribution in [1.29, 1.82) is 0 Å². The lowest BCUT2D eigenvalue weighted by molar-refractivity contribution is 0.383. The molecule has 3 rings (SSSR count). The zero-order chi connectivity index (χ0) is 16.2. The van der Waals surface area contributed by atoms with E-state index in [0.29, 0.717) is 29.8 Å². The Morgan fingerprint density at radius 1 is 1.17 bits per heavy atom. The van der Waals surface area contributed by atoms with Gasteiger partial charge in [0, 0.05) is 19.5 Å². The number of fused-ring (bicyclic) bond motifs is 1. The van der Waals surface area contributed by atoms with Crippen molar-refractivity contribution in [3.05, 3.63) is 64.5 Å². The average molecular weight is 346 g/mol. The first-order chi connectivity index (χ1) is 11.1. The van der Waals surface area contributed by atoms with Crippen molar-refractivity contribution >= 4 is 23.6 Å². The fourth-order valence-electron chi connectivity index (χ4n) is 2.46. The monoisotopic (exact) mass is 345 g/mol. The maximum Gasteiger partial charge on any atom is 0.274 e. The Bertz CT molecular complexity index is 864. The fraction of sp³-hybridized carbons (Fsp3) is 0.294. The van der Waals surface area contributed by atoms with Gasteiger partial charge < -0.3 is 4.90 Å². The highest BCUT2D eigenvalue weighted by Crippen LogP contribution is 2.09. The summed E-state index contributed by atoms with van der Waals surface area (Å²) in [6, 6.07) is 9.88. The molecule has 6 nitrogen and oxygen atoms in total. The number of halogens is 1. The predicted octanol–water partition coefficient (Wildman–Crippen LogP) is 1.76. The van der Waals surface area contributed by atoms with Crippen LogP contribution in [0.1, 0.15) is 11.3 Å². The molecule has 7 heteroatoms. The summed E-state index contributed by atoms with van der Waals surface area (Å²) in [4.78, 5) is 27.6. The van der Waals surface area contributed by atoms with Gasteiger partial charge in [0.1, 0.15) is 17.5 Å². The van der Waals surface area contributed by atoms with Crippen molar-refractivity contribution < 1.29 is 0 Å². The topological polar surface area (TPSA) is 63.9 Å². The van der Waals surface area contributed by atoms with Gasteiger partial charge in [-0.25, -0.2) is 15.0 Å². The Kier molecular flexibility index (Phi) is 6.00. The Hall–Kier alpha value is -2.31. The Labute approximate surface area is 146 Å². The Morgan fingerprint density at radius 2 is 1.92 bits per heavy atom. The smallest absolute Gasteiger partial charge is 0.274 e. The summed E-state index contributed by atoms with van der Waals surface area (Å²) >= 11 is 0. The van der Waals surface area contributed by atoms with E-state index in [1.807, 2.05) is 49.3 Å². The normalized spacial score (nSPS) is 10.8. The number of hydrogen-bond donors (Lipinski definition) is 0. The van der Waals surface area contributed by atoms with Crippen molar-refractivity contribution in [3.63, 3.8) is 0 Å². The molecule has 0 spiro atoms. The van der Waals surface area contributed by atoms with E-state index in [1.54, 1.807) is 10.8 Å². The molecule has 0 saturated carbocycles. The molecule has 0 amide bonds. The molecule has 0 fully saturated rings. The molecule has 0 aliphatic carbocycles. The minimum atomic E-state index is -0.0816. The van der Waals surface area contributed by atoms with Crippen LogP contribution in [0, 0.1) is 0 Å². The molecular formula is C17H20ClN5O. The van der Waals surface area contributed by atoms with Gasteiger partial charge in [-0.05, 0) is 19.7 Å². The molecule has 0 N–H and O–H groups in total. The molecule has 0 aliphatic heterocycles. The van der Waals surface area contributed by atoms with E-state index in [2.05, 4.69) is 15.0 Å². The highest BCUT2D eigenvalue weighted by Gasteiger charge is 2.12. The first kappa shape index (κ1) is 18.0. The number of nitrogens with zero attached hydrogens (tertiary/aromatic N) is 5. The second-order valence-corrected chi connectivity index (χ2v) is 5.71. The van der Waals surface area contributed by atoms with Crippen molar-refractivity contribution in [2.75, 3.05) is 20.6 Å². The third kappa shape index (κ3) is 3.96. The Balaban J connectivity index is 0.00000208. The summed E-state index contributed by atoms with van der Waals surface area (Å²) in [5, 5.41) is 0. The minimum absolute atomic E-state index is 0. The van der Waals surface area contributed by atoms with Crippen LogP contribution < -0.4 is 5.56 Å². The number of likely N-dealkylation sites (N-methyl/N-ethyl adjacent to an activating group) is 1. The summed E-state index contributed by atoms with van der Waals surface area (Å²) < 4.78 is 1.70. The molecule has 1 aromatic carbocycles. The van der Waals surface area contributed by atoms with Crippen LogP contribution in [-0.2, 0) is 13.0 Å². The van der Waals surface area contributed by atoms with Gasteiger partial charge in [0.2, 0.25) is 0 Å². The molecule has 0 unspecified atom stereocenters. The van der Waals surface area contributed by atoms with Crippen LogP contribution in [-0.4, -0.2) is 45.1 Å². The van der Waals surface area contributed by atoms with E-state index < -0.39 is 0 Å². The summed E-state index contributed by atoms with van der Waals surface area (Å²) in [7, 11) is 3.96. The third-order valence-electron chi connectivity index (χ3n) is 3.66. The van der Waals surface area contributed by atoms with E-state index in [4.69, 9.17) is 0 Å². The van der Waals surface area contributed by atoms with Crippen LogP contribution in [0.3, 0.4) is 0 Å². The molecule has 0 atom stereocenters. The van der Waals surface area contributed by atoms with Crippen LogP contribution in [0.5, 0.6) is 0 Å². The number of rotatable bonds is 5. The molecule has 0 radical (unpaired) electrons. The maximum absolute atomic E-state index is 12.8. The number of aromatic nitrogens is 4. The summed E-state index contributed by atoms with van der Waals surface area (Å²) in [5.41, 5.74) is 2.74. The van der Waals surface area contributed by atoms with Gasteiger partial charge in [0.25, 0.3) is 5.56 Å². The fourth-order valence-corrected chi connectivity index (χ4v) is 2.46. The predicted molar refractivity (Wildman–Crippen MR) is 96.6 cm³/mol. The van der Waals surface area contributed by atoms with E-state index in [-0.39, 0.29) is 18.0 Å². The first-order valence-corrected chi connectivity index (χ1v) is 7.53.